The smallest absolute Gasteiger partial charge is 0.339 e. The number of ketones is 1. The molecule has 1 aromatic heterocycles. The number of benzene rings is 2. The molecule has 0 fully saturated rings. The molecule has 1 atom stereocenters. The zero-order valence-corrected chi connectivity index (χ0v) is 16.4. The van der Waals surface area contributed by atoms with Crippen LogP contribution < -0.4 is 0 Å². The molecule has 1 heterocycles. The standard InChI is InChI=1S/C21H18N2O7/c1-11-18(16-6-4-5-7-17(16)22-11)19(24)12(2)30-21(26)14-8-13(20(25)29-3)9-15(10-14)23(27)28/h4-10,12,22H,1-3H3/t12-/m1/s1. The highest BCUT2D eigenvalue weighted by Gasteiger charge is 2.26. The van der Waals surface area contributed by atoms with Gasteiger partial charge in [-0.1, -0.05) is 18.2 Å². The Hall–Kier alpha value is -4.01. The molecule has 0 saturated heterocycles. The summed E-state index contributed by atoms with van der Waals surface area (Å²) in [7, 11) is 1.11. The molecule has 2 aromatic carbocycles. The van der Waals surface area contributed by atoms with Crippen LogP contribution in [0.15, 0.2) is 42.5 Å². The summed E-state index contributed by atoms with van der Waals surface area (Å²) >= 11 is 0. The molecule has 154 valence electrons. The minimum absolute atomic E-state index is 0.176. The number of nitrogens with one attached hydrogen (secondary N) is 1. The van der Waals surface area contributed by atoms with Crippen LogP contribution >= 0.6 is 0 Å². The molecule has 0 amide bonds. The first-order valence-electron chi connectivity index (χ1n) is 8.93. The number of ether oxygens (including phenoxy) is 2. The number of non-ortho nitro benzene ring substituents is 1. The number of nitro benzene ring substituents is 1. The molecule has 9 nitrogen and oxygen atoms in total. The van der Waals surface area contributed by atoms with Gasteiger partial charge in [-0.05, 0) is 26.0 Å². The van der Waals surface area contributed by atoms with Crippen molar-refractivity contribution in [3.8, 4) is 0 Å². The third-order valence-electron chi connectivity index (χ3n) is 4.58. The lowest BCUT2D eigenvalue weighted by molar-refractivity contribution is -0.384. The van der Waals surface area contributed by atoms with Gasteiger partial charge in [-0.3, -0.25) is 14.9 Å². The van der Waals surface area contributed by atoms with Crippen LogP contribution in [0.25, 0.3) is 10.9 Å². The van der Waals surface area contributed by atoms with E-state index in [1.807, 2.05) is 12.1 Å². The topological polar surface area (TPSA) is 129 Å². The van der Waals surface area contributed by atoms with Crippen molar-refractivity contribution in [2.45, 2.75) is 20.0 Å². The lowest BCUT2D eigenvalue weighted by Crippen LogP contribution is -2.25. The summed E-state index contributed by atoms with van der Waals surface area (Å²) in [5.41, 5.74) is 0.923. The lowest BCUT2D eigenvalue weighted by atomic mass is 10.0. The van der Waals surface area contributed by atoms with E-state index in [4.69, 9.17) is 4.74 Å². The third kappa shape index (κ3) is 3.90. The summed E-state index contributed by atoms with van der Waals surface area (Å²) in [5.74, 6) is -2.23. The molecular formula is C21H18N2O7. The van der Waals surface area contributed by atoms with Crippen molar-refractivity contribution in [2.24, 2.45) is 0 Å². The van der Waals surface area contributed by atoms with Gasteiger partial charge in [0.15, 0.2) is 6.10 Å². The van der Waals surface area contributed by atoms with Gasteiger partial charge in [-0.25, -0.2) is 9.59 Å². The Morgan fingerprint density at radius 3 is 2.33 bits per heavy atom. The Morgan fingerprint density at radius 2 is 1.70 bits per heavy atom. The molecule has 0 aliphatic rings. The number of aromatic amines is 1. The highest BCUT2D eigenvalue weighted by Crippen LogP contribution is 2.25. The molecule has 9 heteroatoms. The quantitative estimate of drug-likeness (QED) is 0.284. The van der Waals surface area contributed by atoms with Gasteiger partial charge in [0.25, 0.3) is 5.69 Å². The molecule has 0 aliphatic heterocycles. The van der Waals surface area contributed by atoms with E-state index in [9.17, 15) is 24.5 Å². The van der Waals surface area contributed by atoms with Crippen molar-refractivity contribution in [3.05, 3.63) is 75.0 Å². The number of hydrogen-bond acceptors (Lipinski definition) is 7. The Balaban J connectivity index is 1.89. The first-order valence-corrected chi connectivity index (χ1v) is 8.93. The van der Waals surface area contributed by atoms with Crippen molar-refractivity contribution in [1.82, 2.24) is 4.98 Å². The normalized spacial score (nSPS) is 11.7. The van der Waals surface area contributed by atoms with Crippen molar-refractivity contribution in [1.29, 1.82) is 0 Å². The fourth-order valence-electron chi connectivity index (χ4n) is 3.15. The zero-order chi connectivity index (χ0) is 22.0. The second-order valence-electron chi connectivity index (χ2n) is 6.60. The predicted octanol–water partition coefficient (Wildman–Crippen LogP) is 3.60. The zero-order valence-electron chi connectivity index (χ0n) is 16.4. The molecule has 0 spiro atoms. The molecule has 0 aliphatic carbocycles. The average molecular weight is 410 g/mol. The molecule has 3 rings (SSSR count). The fourth-order valence-corrected chi connectivity index (χ4v) is 3.15. The summed E-state index contributed by atoms with van der Waals surface area (Å²) < 4.78 is 9.81. The SMILES string of the molecule is COC(=O)c1cc(C(=O)O[C@H](C)C(=O)c2c(C)[nH]c3ccccc23)cc([N+](=O)[O-])c1. The number of rotatable bonds is 6. The number of para-hydroxylation sites is 1. The number of aromatic nitrogens is 1. The van der Waals surface area contributed by atoms with Crippen LogP contribution in [0.5, 0.6) is 0 Å². The molecule has 3 aromatic rings. The maximum Gasteiger partial charge on any atom is 0.339 e. The third-order valence-corrected chi connectivity index (χ3v) is 4.58. The molecule has 30 heavy (non-hydrogen) atoms. The first-order chi connectivity index (χ1) is 14.2. The van der Waals surface area contributed by atoms with Crippen LogP contribution in [-0.2, 0) is 9.47 Å². The van der Waals surface area contributed by atoms with E-state index >= 15 is 0 Å². The minimum Gasteiger partial charge on any atom is -0.465 e. The summed E-state index contributed by atoms with van der Waals surface area (Å²) in [6, 6.07) is 10.3. The maximum absolute atomic E-state index is 12.9. The summed E-state index contributed by atoms with van der Waals surface area (Å²) in [5, 5.41) is 11.8. The average Bonchev–Trinajstić information content (AvgIpc) is 3.07. The fraction of sp³-hybridized carbons (Fsp3) is 0.190. The van der Waals surface area contributed by atoms with Crippen LogP contribution in [-0.4, -0.2) is 40.8 Å². The number of nitro groups is 1. The van der Waals surface area contributed by atoms with Gasteiger partial charge in [0.05, 0.1) is 23.2 Å². The molecular weight excluding hydrogens is 392 g/mol. The number of fused-ring (bicyclic) bond motifs is 1. The Kier molecular flexibility index (Phi) is 5.63. The number of esters is 2. The van der Waals surface area contributed by atoms with Crippen molar-refractivity contribution in [2.75, 3.05) is 7.11 Å². The number of carbonyl (C=O) groups is 3. The van der Waals surface area contributed by atoms with E-state index in [0.717, 1.165) is 30.8 Å². The van der Waals surface area contributed by atoms with Crippen LogP contribution in [0.3, 0.4) is 0 Å². The number of nitrogens with zero attached hydrogens (tertiary/aromatic N) is 1. The lowest BCUT2D eigenvalue weighted by Gasteiger charge is -2.13. The molecule has 0 unspecified atom stereocenters. The highest BCUT2D eigenvalue weighted by atomic mass is 16.6. The number of aryl methyl sites for hydroxylation is 1. The molecule has 0 radical (unpaired) electrons. The second-order valence-corrected chi connectivity index (χ2v) is 6.60. The van der Waals surface area contributed by atoms with Gasteiger partial charge in [-0.2, -0.15) is 0 Å². The molecule has 1 N–H and O–H groups in total. The number of hydrogen-bond donors (Lipinski definition) is 1. The number of H-pyrrole nitrogens is 1. The summed E-state index contributed by atoms with van der Waals surface area (Å²) in [6.45, 7) is 3.16. The van der Waals surface area contributed by atoms with Crippen LogP contribution in [0.1, 0.15) is 43.7 Å². The van der Waals surface area contributed by atoms with Gasteiger partial charge in [0, 0.05) is 34.3 Å². The van der Waals surface area contributed by atoms with Gasteiger partial charge in [0.1, 0.15) is 0 Å². The van der Waals surface area contributed by atoms with Crippen LogP contribution in [0.2, 0.25) is 0 Å². The minimum atomic E-state index is -1.16. The van der Waals surface area contributed by atoms with Gasteiger partial charge >= 0.3 is 11.9 Å². The van der Waals surface area contributed by atoms with Crippen molar-refractivity contribution in [3.63, 3.8) is 0 Å². The molecule has 0 bridgehead atoms. The van der Waals surface area contributed by atoms with E-state index in [-0.39, 0.29) is 11.1 Å². The second kappa shape index (κ2) is 8.16. The van der Waals surface area contributed by atoms with Gasteiger partial charge in [-0.15, -0.1) is 0 Å². The van der Waals surface area contributed by atoms with Gasteiger partial charge in [0.2, 0.25) is 5.78 Å². The van der Waals surface area contributed by atoms with E-state index in [1.165, 1.54) is 6.92 Å². The van der Waals surface area contributed by atoms with Crippen molar-refractivity contribution >= 4 is 34.3 Å². The number of methoxy groups -OCH3 is 1. The van der Waals surface area contributed by atoms with E-state index < -0.39 is 34.4 Å². The Morgan fingerprint density at radius 1 is 1.07 bits per heavy atom. The maximum atomic E-state index is 12.9. The Bertz CT molecular complexity index is 1180. The summed E-state index contributed by atoms with van der Waals surface area (Å²) in [4.78, 5) is 50.7. The number of Topliss-reactive ketones (excluding diaryl/α,β-unsaturated/α-hetero) is 1. The molecule has 0 saturated carbocycles. The van der Waals surface area contributed by atoms with Crippen LogP contribution in [0, 0.1) is 17.0 Å². The highest BCUT2D eigenvalue weighted by molar-refractivity contribution is 6.11. The van der Waals surface area contributed by atoms with Crippen molar-refractivity contribution < 1.29 is 28.8 Å². The van der Waals surface area contributed by atoms with Crippen LogP contribution in [0.4, 0.5) is 5.69 Å². The largest absolute Gasteiger partial charge is 0.465 e. The Labute approximate surface area is 170 Å². The summed E-state index contributed by atoms with van der Waals surface area (Å²) in [6.07, 6.45) is -1.16. The first kappa shape index (κ1) is 20.7. The van der Waals surface area contributed by atoms with E-state index in [2.05, 4.69) is 9.72 Å². The monoisotopic (exact) mass is 410 g/mol. The van der Waals surface area contributed by atoms with E-state index in [1.54, 1.807) is 19.1 Å². The van der Waals surface area contributed by atoms with E-state index in [0.29, 0.717) is 16.6 Å². The number of carbonyl (C=O) groups excluding carboxylic acids is 3. The predicted molar refractivity (Wildman–Crippen MR) is 107 cm³/mol. The van der Waals surface area contributed by atoms with Gasteiger partial charge < -0.3 is 14.5 Å².